The average molecular weight is 351 g/mol. The Labute approximate surface area is 106 Å². The summed E-state index contributed by atoms with van der Waals surface area (Å²) in [5.74, 6) is 0.405. The van der Waals surface area contributed by atoms with Crippen LogP contribution in [0.2, 0.25) is 0 Å². The number of nitrogens with one attached hydrogen (secondary N) is 2. The highest BCUT2D eigenvalue weighted by molar-refractivity contribution is 9.12. The summed E-state index contributed by atoms with van der Waals surface area (Å²) in [6.07, 6.45) is 1.58. The van der Waals surface area contributed by atoms with E-state index in [4.69, 9.17) is 0 Å². The SMILES string of the molecule is O=C(Nc1ccn[nH]1)c1cc(Br)sc1Br. The maximum Gasteiger partial charge on any atom is 0.258 e. The molecule has 7 heteroatoms. The highest BCUT2D eigenvalue weighted by atomic mass is 79.9. The molecule has 0 radical (unpaired) electrons. The quantitative estimate of drug-likeness (QED) is 0.873. The van der Waals surface area contributed by atoms with E-state index in [1.807, 2.05) is 0 Å². The second-order valence-electron chi connectivity index (χ2n) is 2.66. The molecule has 0 unspecified atom stereocenters. The third-order valence-corrected chi connectivity index (χ3v) is 3.99. The maximum atomic E-state index is 11.7. The number of carbonyl (C=O) groups is 1. The summed E-state index contributed by atoms with van der Waals surface area (Å²) in [7, 11) is 0. The molecule has 0 bridgehead atoms. The molecule has 0 aromatic carbocycles. The lowest BCUT2D eigenvalue weighted by Crippen LogP contribution is -2.11. The zero-order valence-electron chi connectivity index (χ0n) is 7.25. The summed E-state index contributed by atoms with van der Waals surface area (Å²) in [5, 5.41) is 9.09. The summed E-state index contributed by atoms with van der Waals surface area (Å²) in [5.41, 5.74) is 0.599. The van der Waals surface area contributed by atoms with Crippen molar-refractivity contribution >= 4 is 54.9 Å². The van der Waals surface area contributed by atoms with Gasteiger partial charge in [-0.25, -0.2) is 0 Å². The van der Waals surface area contributed by atoms with Crippen LogP contribution in [0.15, 0.2) is 25.9 Å². The fourth-order valence-corrected chi connectivity index (χ4v) is 3.80. The first kappa shape index (κ1) is 10.8. The van der Waals surface area contributed by atoms with Crippen molar-refractivity contribution < 1.29 is 4.79 Å². The number of aromatic amines is 1. The van der Waals surface area contributed by atoms with Gasteiger partial charge in [0, 0.05) is 6.07 Å². The summed E-state index contributed by atoms with van der Waals surface area (Å²) in [6, 6.07) is 3.45. The number of carbonyl (C=O) groups excluding carboxylic acids is 1. The second kappa shape index (κ2) is 4.46. The zero-order valence-corrected chi connectivity index (χ0v) is 11.2. The Morgan fingerprint density at radius 1 is 1.53 bits per heavy atom. The molecule has 0 spiro atoms. The molecule has 2 aromatic heterocycles. The van der Waals surface area contributed by atoms with E-state index < -0.39 is 0 Å². The molecule has 2 aromatic rings. The number of aromatic nitrogens is 2. The lowest BCUT2D eigenvalue weighted by atomic mass is 10.3. The molecule has 1 amide bonds. The number of hydrogen-bond donors (Lipinski definition) is 2. The van der Waals surface area contributed by atoms with Crippen molar-refractivity contribution in [3.8, 4) is 0 Å². The molecule has 78 valence electrons. The standard InChI is InChI=1S/C8H5Br2N3OS/c9-5-3-4(7(10)15-5)8(14)12-6-1-2-11-13-6/h1-3H,(H2,11,12,13,14). The van der Waals surface area contributed by atoms with Crippen LogP contribution in [0, 0.1) is 0 Å². The van der Waals surface area contributed by atoms with Gasteiger partial charge in [0.2, 0.25) is 0 Å². The number of nitrogens with zero attached hydrogens (tertiary/aromatic N) is 1. The third kappa shape index (κ3) is 2.47. The van der Waals surface area contributed by atoms with Crippen LogP contribution in [0.25, 0.3) is 0 Å². The molecule has 0 aliphatic rings. The molecule has 0 saturated heterocycles. The smallest absolute Gasteiger partial charge is 0.258 e. The number of anilines is 1. The normalized spacial score (nSPS) is 10.3. The Morgan fingerprint density at radius 2 is 2.33 bits per heavy atom. The molecule has 0 atom stereocenters. The summed E-state index contributed by atoms with van der Waals surface area (Å²) < 4.78 is 1.70. The highest BCUT2D eigenvalue weighted by Crippen LogP contribution is 2.32. The van der Waals surface area contributed by atoms with Crippen LogP contribution in [0.5, 0.6) is 0 Å². The second-order valence-corrected chi connectivity index (χ2v) is 6.41. The minimum atomic E-state index is -0.173. The average Bonchev–Trinajstić information content (AvgIpc) is 2.75. The van der Waals surface area contributed by atoms with Crippen LogP contribution in [-0.2, 0) is 0 Å². The number of rotatable bonds is 2. The largest absolute Gasteiger partial charge is 0.307 e. The van der Waals surface area contributed by atoms with Crippen LogP contribution < -0.4 is 5.32 Å². The number of thiophene rings is 1. The van der Waals surface area contributed by atoms with Gasteiger partial charge in [0.25, 0.3) is 5.91 Å². The lowest BCUT2D eigenvalue weighted by Gasteiger charge is -1.99. The van der Waals surface area contributed by atoms with Crippen LogP contribution >= 0.6 is 43.2 Å². The fraction of sp³-hybridized carbons (Fsp3) is 0. The minimum absolute atomic E-state index is 0.173. The molecule has 2 rings (SSSR count). The molecule has 0 saturated carbocycles. The van der Waals surface area contributed by atoms with Gasteiger partial charge in [-0.05, 0) is 37.9 Å². The first-order valence-electron chi connectivity index (χ1n) is 3.92. The van der Waals surface area contributed by atoms with E-state index in [0.717, 1.165) is 7.57 Å². The lowest BCUT2D eigenvalue weighted by molar-refractivity contribution is 0.102. The van der Waals surface area contributed by atoms with Gasteiger partial charge < -0.3 is 5.32 Å². The van der Waals surface area contributed by atoms with Crippen LogP contribution in [0.4, 0.5) is 5.82 Å². The van der Waals surface area contributed by atoms with Gasteiger partial charge >= 0.3 is 0 Å². The van der Waals surface area contributed by atoms with Gasteiger partial charge in [-0.15, -0.1) is 11.3 Å². The van der Waals surface area contributed by atoms with E-state index in [1.54, 1.807) is 18.3 Å². The minimum Gasteiger partial charge on any atom is -0.307 e. The van der Waals surface area contributed by atoms with Crippen molar-refractivity contribution in [2.75, 3.05) is 5.32 Å². The van der Waals surface area contributed by atoms with E-state index in [9.17, 15) is 4.79 Å². The molecule has 0 fully saturated rings. The van der Waals surface area contributed by atoms with E-state index in [2.05, 4.69) is 47.4 Å². The first-order chi connectivity index (χ1) is 7.16. The topological polar surface area (TPSA) is 57.8 Å². The maximum absolute atomic E-state index is 11.7. The van der Waals surface area contributed by atoms with Gasteiger partial charge in [-0.1, -0.05) is 0 Å². The summed E-state index contributed by atoms with van der Waals surface area (Å²) >= 11 is 8.10. The Morgan fingerprint density at radius 3 is 2.87 bits per heavy atom. The Hall–Kier alpha value is -0.660. The Bertz CT molecular complexity index is 480. The Balaban J connectivity index is 2.18. The molecular formula is C8H5Br2N3OS. The van der Waals surface area contributed by atoms with Gasteiger partial charge in [0.05, 0.1) is 19.3 Å². The van der Waals surface area contributed by atoms with E-state index in [1.165, 1.54) is 11.3 Å². The summed E-state index contributed by atoms with van der Waals surface area (Å²) in [4.78, 5) is 11.7. The van der Waals surface area contributed by atoms with E-state index in [-0.39, 0.29) is 5.91 Å². The highest BCUT2D eigenvalue weighted by Gasteiger charge is 2.13. The fourth-order valence-electron chi connectivity index (χ4n) is 1.01. The van der Waals surface area contributed by atoms with Crippen molar-refractivity contribution in [3.63, 3.8) is 0 Å². The molecular weight excluding hydrogens is 346 g/mol. The Kier molecular flexibility index (Phi) is 3.22. The van der Waals surface area contributed by atoms with Gasteiger partial charge in [-0.3, -0.25) is 9.89 Å². The number of hydrogen-bond acceptors (Lipinski definition) is 3. The van der Waals surface area contributed by atoms with Gasteiger partial charge in [0.1, 0.15) is 5.82 Å². The van der Waals surface area contributed by atoms with Crippen molar-refractivity contribution in [1.82, 2.24) is 10.2 Å². The van der Waals surface area contributed by atoms with Crippen molar-refractivity contribution in [3.05, 3.63) is 31.5 Å². The van der Waals surface area contributed by atoms with Crippen molar-refractivity contribution in [1.29, 1.82) is 0 Å². The van der Waals surface area contributed by atoms with Crippen LogP contribution in [0.3, 0.4) is 0 Å². The van der Waals surface area contributed by atoms with E-state index >= 15 is 0 Å². The van der Waals surface area contributed by atoms with E-state index in [0.29, 0.717) is 11.4 Å². The zero-order chi connectivity index (χ0) is 10.8. The monoisotopic (exact) mass is 349 g/mol. The number of halogens is 2. The number of H-pyrrole nitrogens is 1. The van der Waals surface area contributed by atoms with Crippen molar-refractivity contribution in [2.24, 2.45) is 0 Å². The van der Waals surface area contributed by atoms with Crippen LogP contribution in [-0.4, -0.2) is 16.1 Å². The number of amides is 1. The molecule has 15 heavy (non-hydrogen) atoms. The summed E-state index contributed by atoms with van der Waals surface area (Å²) in [6.45, 7) is 0. The molecule has 0 aliphatic heterocycles. The predicted octanol–water partition coefficient (Wildman–Crippen LogP) is 3.25. The predicted molar refractivity (Wildman–Crippen MR) is 66.3 cm³/mol. The molecule has 2 heterocycles. The van der Waals surface area contributed by atoms with Gasteiger partial charge in [-0.2, -0.15) is 5.10 Å². The van der Waals surface area contributed by atoms with Crippen molar-refractivity contribution in [2.45, 2.75) is 0 Å². The first-order valence-corrected chi connectivity index (χ1v) is 6.32. The molecule has 4 nitrogen and oxygen atoms in total. The van der Waals surface area contributed by atoms with Gasteiger partial charge in [0.15, 0.2) is 0 Å². The van der Waals surface area contributed by atoms with Crippen LogP contribution in [0.1, 0.15) is 10.4 Å². The molecule has 0 aliphatic carbocycles. The molecule has 2 N–H and O–H groups in total. The third-order valence-electron chi connectivity index (χ3n) is 1.65.